The molecular formula is C21H38N4O5S. The van der Waals surface area contributed by atoms with Gasteiger partial charge in [-0.05, 0) is 56.1 Å². The molecule has 0 saturated carbocycles. The maximum atomic E-state index is 13.0. The summed E-state index contributed by atoms with van der Waals surface area (Å²) < 4.78 is 0. The second-order valence-corrected chi connectivity index (χ2v) is 9.74. The number of hydrogen-bond donors (Lipinski definition) is 5. The molecular weight excluding hydrogens is 420 g/mol. The summed E-state index contributed by atoms with van der Waals surface area (Å²) in [5, 5.41) is 20.6. The fraction of sp³-hybridized carbons (Fsp3) is 0.810. The van der Waals surface area contributed by atoms with Crippen molar-refractivity contribution in [3.8, 4) is 0 Å². The first-order valence-corrected chi connectivity index (χ1v) is 12.3. The van der Waals surface area contributed by atoms with Gasteiger partial charge in [-0.15, -0.1) is 0 Å². The Labute approximate surface area is 189 Å². The lowest BCUT2D eigenvalue weighted by Gasteiger charge is -2.27. The summed E-state index contributed by atoms with van der Waals surface area (Å²) in [6, 6.07) is -2.99. The van der Waals surface area contributed by atoms with Crippen molar-refractivity contribution in [2.45, 2.75) is 77.5 Å². The molecule has 0 aromatic rings. The van der Waals surface area contributed by atoms with Gasteiger partial charge in [0, 0.05) is 0 Å². The lowest BCUT2D eigenvalue weighted by Crippen LogP contribution is -2.58. The summed E-state index contributed by atoms with van der Waals surface area (Å²) >= 11 is 1.50. The highest BCUT2D eigenvalue weighted by Crippen LogP contribution is 2.11. The van der Waals surface area contributed by atoms with Crippen LogP contribution in [0.5, 0.6) is 0 Å². The van der Waals surface area contributed by atoms with Crippen LogP contribution in [0.3, 0.4) is 0 Å². The van der Waals surface area contributed by atoms with Crippen LogP contribution in [0, 0.1) is 11.8 Å². The van der Waals surface area contributed by atoms with E-state index in [1.807, 2.05) is 20.1 Å². The van der Waals surface area contributed by atoms with Crippen LogP contribution in [0.15, 0.2) is 0 Å². The molecule has 9 nitrogen and oxygen atoms in total. The predicted octanol–water partition coefficient (Wildman–Crippen LogP) is 0.733. The third-order valence-corrected chi connectivity index (χ3v) is 5.83. The van der Waals surface area contributed by atoms with Crippen LogP contribution in [-0.4, -0.2) is 71.5 Å². The first kappa shape index (κ1) is 27.2. The Kier molecular flexibility index (Phi) is 11.9. The van der Waals surface area contributed by atoms with Gasteiger partial charge >= 0.3 is 5.97 Å². The van der Waals surface area contributed by atoms with Crippen molar-refractivity contribution in [1.29, 1.82) is 0 Å². The van der Waals surface area contributed by atoms with Gasteiger partial charge in [-0.1, -0.05) is 27.7 Å². The van der Waals surface area contributed by atoms with E-state index in [0.29, 0.717) is 18.6 Å². The van der Waals surface area contributed by atoms with Gasteiger partial charge in [0.05, 0.1) is 6.04 Å². The van der Waals surface area contributed by atoms with E-state index in [-0.39, 0.29) is 23.8 Å². The number of amides is 3. The number of nitrogens with one attached hydrogen (secondary N) is 4. The Bertz CT molecular complexity index is 623. The minimum atomic E-state index is -1.11. The zero-order valence-electron chi connectivity index (χ0n) is 19.2. The molecule has 0 aromatic carbocycles. The zero-order chi connectivity index (χ0) is 23.6. The second-order valence-electron chi connectivity index (χ2n) is 8.75. The van der Waals surface area contributed by atoms with E-state index in [0.717, 1.165) is 19.4 Å². The van der Waals surface area contributed by atoms with E-state index < -0.39 is 35.9 Å². The summed E-state index contributed by atoms with van der Waals surface area (Å²) in [4.78, 5) is 49.8. The Hall–Kier alpha value is -1.81. The van der Waals surface area contributed by atoms with Gasteiger partial charge < -0.3 is 26.4 Å². The number of thioether (sulfide) groups is 1. The molecule has 3 amide bonds. The Morgan fingerprint density at radius 3 is 2.19 bits per heavy atom. The maximum Gasteiger partial charge on any atom is 0.326 e. The average Bonchev–Trinajstić information content (AvgIpc) is 3.22. The van der Waals surface area contributed by atoms with Gasteiger partial charge in [0.15, 0.2) is 0 Å². The first-order valence-electron chi connectivity index (χ1n) is 10.9. The van der Waals surface area contributed by atoms with Crippen LogP contribution in [0.1, 0.15) is 53.4 Å². The monoisotopic (exact) mass is 458 g/mol. The van der Waals surface area contributed by atoms with Gasteiger partial charge in [-0.25, -0.2) is 4.79 Å². The van der Waals surface area contributed by atoms with E-state index in [2.05, 4.69) is 21.3 Å². The van der Waals surface area contributed by atoms with Crippen LogP contribution in [0.25, 0.3) is 0 Å². The van der Waals surface area contributed by atoms with E-state index in [9.17, 15) is 24.3 Å². The fourth-order valence-corrected chi connectivity index (χ4v) is 3.90. The molecule has 31 heavy (non-hydrogen) atoms. The van der Waals surface area contributed by atoms with Crippen molar-refractivity contribution in [2.24, 2.45) is 11.8 Å². The van der Waals surface area contributed by atoms with E-state index in [1.165, 1.54) is 11.8 Å². The molecule has 1 rings (SSSR count). The highest BCUT2D eigenvalue weighted by Gasteiger charge is 2.32. The molecule has 1 heterocycles. The smallest absolute Gasteiger partial charge is 0.326 e. The van der Waals surface area contributed by atoms with Gasteiger partial charge in [0.1, 0.15) is 18.1 Å². The predicted molar refractivity (Wildman–Crippen MR) is 122 cm³/mol. The first-order chi connectivity index (χ1) is 14.6. The molecule has 4 unspecified atom stereocenters. The number of carboxylic acids is 1. The molecule has 178 valence electrons. The molecule has 1 aliphatic heterocycles. The number of carboxylic acid groups (broad SMARTS) is 1. The summed E-state index contributed by atoms with van der Waals surface area (Å²) in [5.74, 6) is -1.81. The van der Waals surface area contributed by atoms with E-state index >= 15 is 0 Å². The quantitative estimate of drug-likeness (QED) is 0.274. The molecule has 5 N–H and O–H groups in total. The summed E-state index contributed by atoms with van der Waals surface area (Å²) in [6.07, 6.45) is 4.23. The molecule has 1 fully saturated rings. The van der Waals surface area contributed by atoms with Crippen molar-refractivity contribution in [3.63, 3.8) is 0 Å². The number of hydrogen-bond acceptors (Lipinski definition) is 6. The standard InChI is InChI=1S/C21H38N4O5S/c1-12(2)11-16(24-18(26)14-7-6-9-22-14)19(27)25-17(13(3)4)20(28)23-15(21(29)30)8-10-31-5/h12-17,22H,6-11H2,1-5H3,(H,23,28)(H,24,26)(H,25,27)(H,29,30). The highest BCUT2D eigenvalue weighted by molar-refractivity contribution is 7.98. The largest absolute Gasteiger partial charge is 0.480 e. The lowest BCUT2D eigenvalue weighted by atomic mass is 9.99. The van der Waals surface area contributed by atoms with Crippen LogP contribution < -0.4 is 21.3 Å². The van der Waals surface area contributed by atoms with Gasteiger partial charge in [-0.2, -0.15) is 11.8 Å². The van der Waals surface area contributed by atoms with Crippen molar-refractivity contribution < 1.29 is 24.3 Å². The SMILES string of the molecule is CSCCC(NC(=O)C(NC(=O)C(CC(C)C)NC(=O)C1CCCN1)C(C)C)C(=O)O. The third kappa shape index (κ3) is 9.47. The number of rotatable bonds is 13. The number of carbonyl (C=O) groups is 4. The molecule has 0 aromatic heterocycles. The number of carbonyl (C=O) groups excluding carboxylic acids is 3. The highest BCUT2D eigenvalue weighted by atomic mass is 32.2. The molecule has 10 heteroatoms. The van der Waals surface area contributed by atoms with Crippen LogP contribution in [-0.2, 0) is 19.2 Å². The summed E-state index contributed by atoms with van der Waals surface area (Å²) in [7, 11) is 0. The minimum Gasteiger partial charge on any atom is -0.480 e. The van der Waals surface area contributed by atoms with Crippen LogP contribution in [0.2, 0.25) is 0 Å². The van der Waals surface area contributed by atoms with Gasteiger partial charge in [0.2, 0.25) is 17.7 Å². The number of aliphatic carboxylic acids is 1. The van der Waals surface area contributed by atoms with Crippen molar-refractivity contribution in [2.75, 3.05) is 18.6 Å². The molecule has 4 atom stereocenters. The summed E-state index contributed by atoms with van der Waals surface area (Å²) in [6.45, 7) is 8.24. The summed E-state index contributed by atoms with van der Waals surface area (Å²) in [5.41, 5.74) is 0. The maximum absolute atomic E-state index is 13.0. The average molecular weight is 459 g/mol. The van der Waals surface area contributed by atoms with Gasteiger partial charge in [-0.3, -0.25) is 14.4 Å². The normalized spacial score (nSPS) is 19.0. The molecule has 0 radical (unpaired) electrons. The zero-order valence-corrected chi connectivity index (χ0v) is 20.0. The second kappa shape index (κ2) is 13.6. The van der Waals surface area contributed by atoms with Crippen LogP contribution >= 0.6 is 11.8 Å². The lowest BCUT2D eigenvalue weighted by molar-refractivity contribution is -0.142. The fourth-order valence-electron chi connectivity index (χ4n) is 3.43. The molecule has 0 spiro atoms. The Morgan fingerprint density at radius 1 is 1.03 bits per heavy atom. The van der Waals surface area contributed by atoms with E-state index in [4.69, 9.17) is 0 Å². The molecule has 0 aliphatic carbocycles. The van der Waals surface area contributed by atoms with Crippen molar-refractivity contribution in [3.05, 3.63) is 0 Å². The molecule has 0 bridgehead atoms. The van der Waals surface area contributed by atoms with Crippen molar-refractivity contribution >= 4 is 35.5 Å². The minimum absolute atomic E-state index is 0.154. The van der Waals surface area contributed by atoms with Gasteiger partial charge in [0.25, 0.3) is 0 Å². The third-order valence-electron chi connectivity index (χ3n) is 5.19. The topological polar surface area (TPSA) is 137 Å². The van der Waals surface area contributed by atoms with Crippen molar-refractivity contribution in [1.82, 2.24) is 21.3 Å². The molecule has 1 aliphatic rings. The van der Waals surface area contributed by atoms with E-state index in [1.54, 1.807) is 13.8 Å². The Morgan fingerprint density at radius 2 is 1.71 bits per heavy atom. The van der Waals surface area contributed by atoms with Crippen LogP contribution in [0.4, 0.5) is 0 Å². The Balaban J connectivity index is 2.85. The molecule has 1 saturated heterocycles.